The Hall–Kier alpha value is -2.73. The molecule has 0 spiro atoms. The second kappa shape index (κ2) is 4.64. The summed E-state index contributed by atoms with van der Waals surface area (Å²) in [7, 11) is 1.49. The van der Waals surface area contributed by atoms with Crippen LogP contribution in [0.2, 0.25) is 5.02 Å². The van der Waals surface area contributed by atoms with Crippen LogP contribution in [0.25, 0.3) is 33.1 Å². The average molecular weight is 313 g/mol. The molecule has 4 rings (SSSR count). The van der Waals surface area contributed by atoms with Crippen molar-refractivity contribution >= 4 is 44.7 Å². The molecule has 0 aliphatic rings. The third kappa shape index (κ3) is 1.74. The van der Waals surface area contributed by atoms with E-state index in [0.29, 0.717) is 33.5 Å². The van der Waals surface area contributed by atoms with Crippen molar-refractivity contribution in [1.29, 1.82) is 0 Å². The van der Waals surface area contributed by atoms with Crippen LogP contribution >= 0.6 is 11.6 Å². The molecule has 2 heterocycles. The predicted octanol–water partition coefficient (Wildman–Crippen LogP) is 3.09. The molecule has 0 fully saturated rings. The molecule has 4 aromatic rings. The molecular formula is C15H9ClN4O2. The second-order valence-electron chi connectivity index (χ2n) is 4.68. The lowest BCUT2D eigenvalue weighted by Gasteiger charge is -2.08. The molecule has 2 aromatic carbocycles. The van der Waals surface area contributed by atoms with E-state index in [2.05, 4.69) is 19.9 Å². The largest absolute Gasteiger partial charge is 0.504 e. The maximum atomic E-state index is 10.2. The van der Waals surface area contributed by atoms with Gasteiger partial charge in [0.05, 0.1) is 24.3 Å². The summed E-state index contributed by atoms with van der Waals surface area (Å²) in [5, 5.41) is 10.4. The van der Waals surface area contributed by atoms with Crippen LogP contribution < -0.4 is 4.74 Å². The molecule has 0 saturated heterocycles. The van der Waals surface area contributed by atoms with Gasteiger partial charge in [0.2, 0.25) is 5.88 Å². The van der Waals surface area contributed by atoms with E-state index >= 15 is 0 Å². The maximum Gasteiger partial charge on any atom is 0.232 e. The minimum absolute atomic E-state index is 0.111. The molecule has 0 unspecified atom stereocenters. The first-order valence-electron chi connectivity index (χ1n) is 6.46. The quantitative estimate of drug-likeness (QED) is 0.429. The third-order valence-electron chi connectivity index (χ3n) is 3.39. The fourth-order valence-corrected chi connectivity index (χ4v) is 2.57. The molecule has 0 bridgehead atoms. The van der Waals surface area contributed by atoms with Crippen LogP contribution in [-0.2, 0) is 0 Å². The fraction of sp³-hybridized carbons (Fsp3) is 0.0667. The van der Waals surface area contributed by atoms with Gasteiger partial charge in [-0.25, -0.2) is 19.9 Å². The second-order valence-corrected chi connectivity index (χ2v) is 5.06. The predicted molar refractivity (Wildman–Crippen MR) is 83.4 cm³/mol. The molecule has 0 atom stereocenters. The number of benzene rings is 2. The summed E-state index contributed by atoms with van der Waals surface area (Å²) in [4.78, 5) is 17.5. The van der Waals surface area contributed by atoms with Crippen molar-refractivity contribution in [3.05, 3.63) is 35.5 Å². The first-order chi connectivity index (χ1) is 10.7. The van der Waals surface area contributed by atoms with Crippen molar-refractivity contribution in [2.75, 3.05) is 7.11 Å². The van der Waals surface area contributed by atoms with Crippen LogP contribution in [0.4, 0.5) is 0 Å². The zero-order chi connectivity index (χ0) is 15.3. The number of fused-ring (bicyclic) bond motifs is 4. The molecule has 108 valence electrons. The Morgan fingerprint density at radius 1 is 0.955 bits per heavy atom. The summed E-state index contributed by atoms with van der Waals surface area (Å²) in [6.07, 6.45) is 1.42. The van der Waals surface area contributed by atoms with Gasteiger partial charge in [-0.3, -0.25) is 0 Å². The summed E-state index contributed by atoms with van der Waals surface area (Å²) >= 11 is 6.23. The van der Waals surface area contributed by atoms with Crippen LogP contribution in [0.5, 0.6) is 11.6 Å². The number of methoxy groups -OCH3 is 1. The van der Waals surface area contributed by atoms with Crippen molar-refractivity contribution in [2.24, 2.45) is 0 Å². The molecule has 2 aromatic heterocycles. The molecule has 0 saturated carbocycles. The maximum absolute atomic E-state index is 10.2. The molecule has 0 aliphatic carbocycles. The Morgan fingerprint density at radius 3 is 2.27 bits per heavy atom. The van der Waals surface area contributed by atoms with Crippen LogP contribution in [0.15, 0.2) is 30.5 Å². The molecule has 6 nitrogen and oxygen atoms in total. The lowest BCUT2D eigenvalue weighted by atomic mass is 10.2. The molecule has 1 N–H and O–H groups in total. The van der Waals surface area contributed by atoms with E-state index in [0.717, 1.165) is 0 Å². The normalized spacial score (nSPS) is 11.4. The molecule has 0 amide bonds. The van der Waals surface area contributed by atoms with Gasteiger partial charge in [-0.1, -0.05) is 23.7 Å². The zero-order valence-corrected chi connectivity index (χ0v) is 12.2. The van der Waals surface area contributed by atoms with Crippen LogP contribution in [0.3, 0.4) is 0 Å². The number of nitrogens with zero attached hydrogens (tertiary/aromatic N) is 4. The fourth-order valence-electron chi connectivity index (χ4n) is 2.34. The van der Waals surface area contributed by atoms with Crippen molar-refractivity contribution in [3.8, 4) is 11.6 Å². The average Bonchev–Trinajstić information content (AvgIpc) is 2.58. The summed E-state index contributed by atoms with van der Waals surface area (Å²) in [5.74, 6) is 0.161. The Morgan fingerprint density at radius 2 is 1.59 bits per heavy atom. The van der Waals surface area contributed by atoms with E-state index < -0.39 is 0 Å². The number of phenols is 1. The van der Waals surface area contributed by atoms with E-state index in [4.69, 9.17) is 16.3 Å². The van der Waals surface area contributed by atoms with E-state index in [1.807, 2.05) is 24.3 Å². The molecule has 0 aliphatic heterocycles. The van der Waals surface area contributed by atoms with Gasteiger partial charge in [-0.2, -0.15) is 0 Å². The van der Waals surface area contributed by atoms with Gasteiger partial charge in [0.25, 0.3) is 0 Å². The SMILES string of the molecule is COc1cnc2c(O)c(Cl)c3nc4ccccc4nc3c2n1. The summed E-state index contributed by atoms with van der Waals surface area (Å²) in [5.41, 5.74) is 2.92. The number of para-hydroxylation sites is 2. The van der Waals surface area contributed by atoms with Crippen LogP contribution in [-0.4, -0.2) is 32.2 Å². The Bertz CT molecular complexity index is 1050. The summed E-state index contributed by atoms with van der Waals surface area (Å²) in [6.45, 7) is 0. The van der Waals surface area contributed by atoms with Gasteiger partial charge in [-0.15, -0.1) is 0 Å². The first-order valence-corrected chi connectivity index (χ1v) is 6.84. The zero-order valence-electron chi connectivity index (χ0n) is 11.4. The minimum Gasteiger partial charge on any atom is -0.504 e. The van der Waals surface area contributed by atoms with Crippen molar-refractivity contribution in [1.82, 2.24) is 19.9 Å². The molecule has 0 radical (unpaired) electrons. The van der Waals surface area contributed by atoms with Gasteiger partial charge < -0.3 is 9.84 Å². The number of phenolic OH excluding ortho intramolecular Hbond substituents is 1. The van der Waals surface area contributed by atoms with Crippen molar-refractivity contribution < 1.29 is 9.84 Å². The van der Waals surface area contributed by atoms with Gasteiger partial charge in [0.15, 0.2) is 5.75 Å². The highest BCUT2D eigenvalue weighted by Gasteiger charge is 2.18. The van der Waals surface area contributed by atoms with Crippen molar-refractivity contribution in [2.45, 2.75) is 0 Å². The van der Waals surface area contributed by atoms with Gasteiger partial charge in [0, 0.05) is 0 Å². The van der Waals surface area contributed by atoms with Gasteiger partial charge in [0.1, 0.15) is 27.1 Å². The number of hydrogen-bond donors (Lipinski definition) is 1. The van der Waals surface area contributed by atoms with Crippen LogP contribution in [0.1, 0.15) is 0 Å². The Labute approximate surface area is 129 Å². The molecule has 7 heteroatoms. The highest BCUT2D eigenvalue weighted by molar-refractivity contribution is 6.38. The first kappa shape index (κ1) is 13.0. The smallest absolute Gasteiger partial charge is 0.232 e. The Kier molecular flexibility index (Phi) is 2.74. The van der Waals surface area contributed by atoms with E-state index in [-0.39, 0.29) is 16.3 Å². The lowest BCUT2D eigenvalue weighted by Crippen LogP contribution is -1.96. The number of aromatic nitrogens is 4. The lowest BCUT2D eigenvalue weighted by molar-refractivity contribution is 0.397. The highest BCUT2D eigenvalue weighted by atomic mass is 35.5. The van der Waals surface area contributed by atoms with E-state index in [9.17, 15) is 5.11 Å². The summed E-state index contributed by atoms with van der Waals surface area (Å²) < 4.78 is 5.09. The molecule has 22 heavy (non-hydrogen) atoms. The minimum atomic E-state index is -0.163. The van der Waals surface area contributed by atoms with Gasteiger partial charge >= 0.3 is 0 Å². The van der Waals surface area contributed by atoms with Gasteiger partial charge in [-0.05, 0) is 12.1 Å². The molecular weight excluding hydrogens is 304 g/mol. The Balaban J connectivity index is 2.27. The summed E-state index contributed by atoms with van der Waals surface area (Å²) in [6, 6.07) is 7.42. The number of hydrogen-bond acceptors (Lipinski definition) is 6. The topological polar surface area (TPSA) is 81.0 Å². The monoisotopic (exact) mass is 312 g/mol. The number of aromatic hydroxyl groups is 1. The van der Waals surface area contributed by atoms with Crippen LogP contribution in [0, 0.1) is 0 Å². The number of ether oxygens (including phenoxy) is 1. The standard InChI is InChI=1S/C15H9ClN4O2/c1-22-9-6-17-14-13(20-9)12-11(10(16)15(14)21)18-7-4-2-3-5-8(7)19-12/h2-6,21H,1H3. The van der Waals surface area contributed by atoms with E-state index in [1.54, 1.807) is 0 Å². The number of rotatable bonds is 1. The highest BCUT2D eigenvalue weighted by Crippen LogP contribution is 2.38. The van der Waals surface area contributed by atoms with Crippen molar-refractivity contribution in [3.63, 3.8) is 0 Å². The number of halogens is 1. The van der Waals surface area contributed by atoms with E-state index in [1.165, 1.54) is 13.3 Å². The third-order valence-corrected chi connectivity index (χ3v) is 3.75.